The molecular weight excluding hydrogens is 422 g/mol. The first kappa shape index (κ1) is 24.7. The van der Waals surface area contributed by atoms with Crippen LogP contribution in [0.15, 0.2) is 60.7 Å². The van der Waals surface area contributed by atoms with E-state index in [0.29, 0.717) is 0 Å². The number of nitrogens with one attached hydrogen (secondary N) is 1. The summed E-state index contributed by atoms with van der Waals surface area (Å²) in [4.78, 5) is 24.5. The van der Waals surface area contributed by atoms with Crippen molar-refractivity contribution in [3.63, 3.8) is 0 Å². The van der Waals surface area contributed by atoms with E-state index >= 15 is 0 Å². The van der Waals surface area contributed by atoms with Crippen LogP contribution in [0.25, 0.3) is 0 Å². The molecule has 1 saturated carbocycles. The number of rotatable bonds is 10. The van der Waals surface area contributed by atoms with Crippen LogP contribution in [-0.2, 0) is 22.6 Å². The third-order valence-electron chi connectivity index (χ3n) is 6.10. The molecule has 2 aromatic carbocycles. The highest BCUT2D eigenvalue weighted by molar-refractivity contribution is 5.73. The number of amides is 1. The maximum atomic E-state index is 13.1. The first-order valence-electron chi connectivity index (χ1n) is 11.4. The van der Waals surface area contributed by atoms with Crippen LogP contribution in [0.1, 0.15) is 43.2 Å². The van der Waals surface area contributed by atoms with E-state index in [0.717, 1.165) is 43.2 Å². The molecule has 0 saturated heterocycles. The molecule has 5 N–H and O–H groups in total. The second-order valence-corrected chi connectivity index (χ2v) is 8.49. The Bertz CT molecular complexity index is 874. The van der Waals surface area contributed by atoms with Crippen molar-refractivity contribution in [3.05, 3.63) is 71.8 Å². The maximum absolute atomic E-state index is 13.1. The summed E-state index contributed by atoms with van der Waals surface area (Å²) in [7, 11) is 0. The van der Waals surface area contributed by atoms with E-state index < -0.39 is 30.3 Å². The Morgan fingerprint density at radius 3 is 2.15 bits per heavy atom. The quantitative estimate of drug-likeness (QED) is 0.246. The summed E-state index contributed by atoms with van der Waals surface area (Å²) in [6.45, 7) is 0.0760. The van der Waals surface area contributed by atoms with Gasteiger partial charge in [0, 0.05) is 6.04 Å². The predicted molar refractivity (Wildman–Crippen MR) is 124 cm³/mol. The molecule has 0 bridgehead atoms. The summed E-state index contributed by atoms with van der Waals surface area (Å²) in [6, 6.07) is 18.5. The normalized spacial score (nSPS) is 17.2. The van der Waals surface area contributed by atoms with Crippen LogP contribution in [-0.4, -0.2) is 45.6 Å². The van der Waals surface area contributed by atoms with Gasteiger partial charge in [-0.15, -0.1) is 0 Å². The summed E-state index contributed by atoms with van der Waals surface area (Å²) in [5.41, 5.74) is 10.4. The monoisotopic (exact) mass is 455 g/mol. The Morgan fingerprint density at radius 1 is 1.00 bits per heavy atom. The number of nitrogens with two attached hydrogens (primary N) is 1. The molecule has 2 aromatic rings. The molecule has 0 radical (unpaired) electrons. The summed E-state index contributed by atoms with van der Waals surface area (Å²) < 4.78 is 5.53. The minimum absolute atomic E-state index is 0.0760. The van der Waals surface area contributed by atoms with E-state index in [2.05, 4.69) is 5.43 Å². The molecule has 0 heterocycles. The number of aliphatic hydroxyl groups excluding tert-OH is 1. The Labute approximate surface area is 194 Å². The van der Waals surface area contributed by atoms with Crippen molar-refractivity contribution in [2.75, 3.05) is 0 Å². The molecule has 1 aliphatic carbocycles. The molecule has 3 rings (SSSR count). The van der Waals surface area contributed by atoms with Crippen LogP contribution < -0.4 is 11.2 Å². The third-order valence-corrected chi connectivity index (χ3v) is 6.10. The lowest BCUT2D eigenvalue weighted by Crippen LogP contribution is -2.63. The van der Waals surface area contributed by atoms with Gasteiger partial charge in [-0.1, -0.05) is 79.9 Å². The van der Waals surface area contributed by atoms with E-state index in [1.807, 2.05) is 60.7 Å². The van der Waals surface area contributed by atoms with Crippen LogP contribution in [0, 0.1) is 5.92 Å². The van der Waals surface area contributed by atoms with Gasteiger partial charge in [0.2, 0.25) is 0 Å². The highest BCUT2D eigenvalue weighted by Crippen LogP contribution is 2.25. The highest BCUT2D eigenvalue weighted by atomic mass is 16.5. The molecule has 33 heavy (non-hydrogen) atoms. The Balaban J connectivity index is 1.78. The number of aliphatic hydroxyl groups is 1. The molecule has 0 aromatic heterocycles. The summed E-state index contributed by atoms with van der Waals surface area (Å²) in [5, 5.41) is 22.0. The molecule has 1 amide bonds. The minimum atomic E-state index is -1.35. The zero-order valence-electron chi connectivity index (χ0n) is 18.7. The molecule has 0 aliphatic heterocycles. The average molecular weight is 456 g/mol. The number of hydrogen-bond donors (Lipinski definition) is 4. The first-order chi connectivity index (χ1) is 16.0. The molecule has 1 aliphatic rings. The zero-order valence-corrected chi connectivity index (χ0v) is 18.7. The van der Waals surface area contributed by atoms with Crippen molar-refractivity contribution in [1.29, 1.82) is 0 Å². The predicted octanol–water partition coefficient (Wildman–Crippen LogP) is 3.05. The van der Waals surface area contributed by atoms with Gasteiger partial charge in [-0.2, -0.15) is 5.01 Å². The van der Waals surface area contributed by atoms with Gasteiger partial charge >= 0.3 is 12.1 Å². The van der Waals surface area contributed by atoms with Gasteiger partial charge in [-0.05, 0) is 30.4 Å². The second-order valence-electron chi connectivity index (χ2n) is 8.49. The SMILES string of the molecule is NC([C@@H](O)[C@H](Cc1ccccc1)C(=O)OCc1ccccc1)N(NC(=O)O)C1CCCCC1. The zero-order chi connectivity index (χ0) is 23.6. The molecule has 3 atom stereocenters. The first-order valence-corrected chi connectivity index (χ1v) is 11.4. The van der Waals surface area contributed by atoms with Crippen LogP contribution in [0.4, 0.5) is 4.79 Å². The van der Waals surface area contributed by atoms with Crippen molar-refractivity contribution in [2.24, 2.45) is 11.7 Å². The average Bonchev–Trinajstić information content (AvgIpc) is 2.85. The van der Waals surface area contributed by atoms with Gasteiger partial charge in [0.05, 0.1) is 12.0 Å². The lowest BCUT2D eigenvalue weighted by atomic mass is 9.90. The van der Waals surface area contributed by atoms with Crippen LogP contribution >= 0.6 is 0 Å². The van der Waals surface area contributed by atoms with E-state index in [4.69, 9.17) is 10.5 Å². The summed E-state index contributed by atoms with van der Waals surface area (Å²) in [6.07, 6.45) is 1.03. The number of carboxylic acid groups (broad SMARTS) is 1. The number of hydrogen-bond acceptors (Lipinski definition) is 6. The number of nitrogens with zero attached hydrogens (tertiary/aromatic N) is 1. The standard InChI is InChI=1S/C25H33N3O5/c26-23(28(27-25(31)32)20-14-8-3-9-15-20)22(29)21(16-18-10-4-1-5-11-18)24(30)33-17-19-12-6-2-7-13-19/h1-2,4-7,10-13,20-23,27,29H,3,8-9,14-17,26H2,(H,31,32)/t21-,22-,23?/m0/s1. The highest BCUT2D eigenvalue weighted by Gasteiger charge is 2.38. The summed E-state index contributed by atoms with van der Waals surface area (Å²) >= 11 is 0. The van der Waals surface area contributed by atoms with Gasteiger partial charge in [0.1, 0.15) is 12.8 Å². The third kappa shape index (κ3) is 7.28. The Morgan fingerprint density at radius 2 is 1.58 bits per heavy atom. The minimum Gasteiger partial charge on any atom is -0.464 e. The van der Waals surface area contributed by atoms with Crippen LogP contribution in [0.3, 0.4) is 0 Å². The number of ether oxygens (including phenoxy) is 1. The van der Waals surface area contributed by atoms with E-state index in [-0.39, 0.29) is 19.1 Å². The Kier molecular flexibility index (Phi) is 9.24. The fraction of sp³-hybridized carbons (Fsp3) is 0.440. The van der Waals surface area contributed by atoms with Crippen molar-refractivity contribution >= 4 is 12.1 Å². The van der Waals surface area contributed by atoms with E-state index in [9.17, 15) is 19.8 Å². The number of hydrazine groups is 1. The lowest BCUT2D eigenvalue weighted by molar-refractivity contribution is -0.157. The molecule has 8 nitrogen and oxygen atoms in total. The Hall–Kier alpha value is -2.94. The smallest absolute Gasteiger partial charge is 0.419 e. The van der Waals surface area contributed by atoms with Crippen molar-refractivity contribution in [3.8, 4) is 0 Å². The maximum Gasteiger partial charge on any atom is 0.419 e. The number of benzene rings is 2. The van der Waals surface area contributed by atoms with Gasteiger partial charge in [0.25, 0.3) is 0 Å². The van der Waals surface area contributed by atoms with Gasteiger partial charge in [0.15, 0.2) is 0 Å². The fourth-order valence-corrected chi connectivity index (χ4v) is 4.33. The van der Waals surface area contributed by atoms with Crippen molar-refractivity contribution < 1.29 is 24.5 Å². The largest absolute Gasteiger partial charge is 0.464 e. The molecule has 8 heteroatoms. The van der Waals surface area contributed by atoms with Gasteiger partial charge in [-0.25, -0.2) is 4.79 Å². The van der Waals surface area contributed by atoms with Crippen LogP contribution in [0.2, 0.25) is 0 Å². The number of carbonyl (C=O) groups excluding carboxylic acids is 1. The molecule has 0 spiro atoms. The topological polar surface area (TPSA) is 125 Å². The van der Waals surface area contributed by atoms with E-state index in [1.54, 1.807) is 0 Å². The van der Waals surface area contributed by atoms with Crippen molar-refractivity contribution in [1.82, 2.24) is 10.4 Å². The van der Waals surface area contributed by atoms with Crippen LogP contribution in [0.5, 0.6) is 0 Å². The number of carbonyl (C=O) groups is 2. The van der Waals surface area contributed by atoms with E-state index in [1.165, 1.54) is 5.01 Å². The number of esters is 1. The summed E-state index contributed by atoms with van der Waals surface area (Å²) in [5.74, 6) is -1.54. The molecule has 1 unspecified atom stereocenters. The van der Waals surface area contributed by atoms with Gasteiger partial charge in [-0.3, -0.25) is 10.2 Å². The van der Waals surface area contributed by atoms with Crippen molar-refractivity contribution in [2.45, 2.75) is 63.4 Å². The van der Waals surface area contributed by atoms with Gasteiger partial charge < -0.3 is 20.7 Å². The lowest BCUT2D eigenvalue weighted by Gasteiger charge is -2.40. The molecule has 178 valence electrons. The molecule has 1 fully saturated rings. The molecular formula is C25H33N3O5. The fourth-order valence-electron chi connectivity index (χ4n) is 4.33. The second kappa shape index (κ2) is 12.3.